The number of fused-ring (bicyclic) bond motifs is 1. The molecule has 0 radical (unpaired) electrons. The molecule has 0 saturated carbocycles. The molecule has 1 atom stereocenters. The average Bonchev–Trinajstić information content (AvgIpc) is 3.20. The summed E-state index contributed by atoms with van der Waals surface area (Å²) in [7, 11) is 1.54. The number of carbonyl (C=O) groups is 3. The van der Waals surface area contributed by atoms with Crippen LogP contribution in [0.5, 0.6) is 0 Å². The van der Waals surface area contributed by atoms with E-state index >= 15 is 0 Å². The van der Waals surface area contributed by atoms with Crippen LogP contribution in [0.15, 0.2) is 60.8 Å². The van der Waals surface area contributed by atoms with Crippen LogP contribution in [0.4, 0.5) is 11.4 Å². The van der Waals surface area contributed by atoms with Gasteiger partial charge in [-0.25, -0.2) is 0 Å². The van der Waals surface area contributed by atoms with Crippen LogP contribution < -0.4 is 10.2 Å². The summed E-state index contributed by atoms with van der Waals surface area (Å²) in [4.78, 5) is 42.3. The summed E-state index contributed by atoms with van der Waals surface area (Å²) in [5.41, 5.74) is 2.06. The first-order chi connectivity index (χ1) is 14.9. The van der Waals surface area contributed by atoms with E-state index in [1.54, 1.807) is 36.2 Å². The highest BCUT2D eigenvalue weighted by Gasteiger charge is 2.31. The van der Waals surface area contributed by atoms with E-state index in [2.05, 4.69) is 15.5 Å². The van der Waals surface area contributed by atoms with Gasteiger partial charge in [-0.2, -0.15) is 9.90 Å². The zero-order valence-corrected chi connectivity index (χ0v) is 17.2. The Balaban J connectivity index is 1.51. The largest absolute Gasteiger partial charge is 0.331 e. The number of likely N-dealkylation sites (N-methyl/N-ethyl adjacent to an activating group) is 1. The number of aromatic nitrogens is 3. The maximum absolute atomic E-state index is 13.2. The maximum Gasteiger partial charge on any atom is 0.276 e. The zero-order chi connectivity index (χ0) is 22.0. The fraction of sp³-hybridized carbons (Fsp3) is 0.227. The van der Waals surface area contributed by atoms with Gasteiger partial charge in [0, 0.05) is 19.5 Å². The number of benzene rings is 2. The van der Waals surface area contributed by atoms with Crippen molar-refractivity contribution in [2.45, 2.75) is 19.4 Å². The highest BCUT2D eigenvalue weighted by molar-refractivity contribution is 6.06. The normalized spacial score (nSPS) is 15.6. The molecule has 2 aromatic carbocycles. The van der Waals surface area contributed by atoms with Crippen LogP contribution in [-0.4, -0.2) is 57.2 Å². The van der Waals surface area contributed by atoms with Crippen LogP contribution >= 0.6 is 0 Å². The van der Waals surface area contributed by atoms with E-state index in [-0.39, 0.29) is 36.5 Å². The number of anilines is 2. The molecule has 0 bridgehead atoms. The van der Waals surface area contributed by atoms with Crippen molar-refractivity contribution in [2.75, 3.05) is 23.8 Å². The number of amides is 3. The molecule has 1 aliphatic rings. The molecule has 0 fully saturated rings. The molecule has 9 nitrogen and oxygen atoms in total. The lowest BCUT2D eigenvalue weighted by molar-refractivity contribution is -0.119. The number of nitrogens with one attached hydrogen (secondary N) is 1. The van der Waals surface area contributed by atoms with Gasteiger partial charge in [0.1, 0.15) is 6.54 Å². The molecular weight excluding hydrogens is 396 g/mol. The Hall–Kier alpha value is -4.01. The fourth-order valence-corrected chi connectivity index (χ4v) is 3.56. The molecule has 0 saturated heterocycles. The van der Waals surface area contributed by atoms with E-state index < -0.39 is 5.91 Å². The lowest BCUT2D eigenvalue weighted by Gasteiger charge is -2.29. The maximum atomic E-state index is 13.2. The fourth-order valence-electron chi connectivity index (χ4n) is 3.56. The highest BCUT2D eigenvalue weighted by Crippen LogP contribution is 2.31. The highest BCUT2D eigenvalue weighted by atomic mass is 16.2. The first kappa shape index (κ1) is 20.3. The summed E-state index contributed by atoms with van der Waals surface area (Å²) in [6.07, 6.45) is 1.55. The van der Waals surface area contributed by atoms with Gasteiger partial charge in [0.2, 0.25) is 11.8 Å². The van der Waals surface area contributed by atoms with Crippen molar-refractivity contribution in [1.29, 1.82) is 0 Å². The second kappa shape index (κ2) is 8.39. The van der Waals surface area contributed by atoms with Crippen LogP contribution in [0.25, 0.3) is 5.69 Å². The van der Waals surface area contributed by atoms with Crippen molar-refractivity contribution in [2.24, 2.45) is 0 Å². The van der Waals surface area contributed by atoms with E-state index in [0.29, 0.717) is 11.4 Å². The molecular formula is C22H22N6O3. The number of rotatable bonds is 4. The minimum absolute atomic E-state index is 0.139. The standard InChI is InChI=1S/C22H22N6O3/c1-15-12-20(29)24-17-10-6-7-11-19(17)27(15)21(30)14-26(2)22(31)18-13-23-28(25-18)16-8-4-3-5-9-16/h3-11,13,15H,12,14H2,1-2H3,(H,24,29)/t15-/m1/s1. The van der Waals surface area contributed by atoms with Crippen LogP contribution in [0.2, 0.25) is 0 Å². The van der Waals surface area contributed by atoms with Crippen molar-refractivity contribution >= 4 is 29.1 Å². The molecule has 3 amide bonds. The van der Waals surface area contributed by atoms with Gasteiger partial charge < -0.3 is 15.1 Å². The summed E-state index contributed by atoms with van der Waals surface area (Å²) in [6.45, 7) is 1.65. The van der Waals surface area contributed by atoms with E-state index in [1.165, 1.54) is 15.9 Å². The molecule has 2 heterocycles. The van der Waals surface area contributed by atoms with E-state index in [0.717, 1.165) is 5.69 Å². The molecule has 1 N–H and O–H groups in total. The van der Waals surface area contributed by atoms with E-state index in [9.17, 15) is 14.4 Å². The van der Waals surface area contributed by atoms with Crippen molar-refractivity contribution in [3.8, 4) is 5.69 Å². The molecule has 1 aromatic heterocycles. The van der Waals surface area contributed by atoms with Crippen molar-refractivity contribution in [1.82, 2.24) is 19.9 Å². The predicted octanol–water partition coefficient (Wildman–Crippen LogP) is 2.10. The summed E-state index contributed by atoms with van der Waals surface area (Å²) in [5.74, 6) is -0.861. The third kappa shape index (κ3) is 4.16. The smallest absolute Gasteiger partial charge is 0.276 e. The summed E-state index contributed by atoms with van der Waals surface area (Å²) in [5, 5.41) is 11.2. The van der Waals surface area contributed by atoms with Crippen molar-refractivity contribution < 1.29 is 14.4 Å². The Morgan fingerprint density at radius 3 is 2.61 bits per heavy atom. The van der Waals surface area contributed by atoms with Crippen LogP contribution in [0, 0.1) is 0 Å². The number of hydrogen-bond acceptors (Lipinski definition) is 5. The van der Waals surface area contributed by atoms with Gasteiger partial charge >= 0.3 is 0 Å². The SMILES string of the molecule is C[C@@H]1CC(=O)Nc2ccccc2N1C(=O)CN(C)C(=O)c1cnn(-c2ccccc2)n1. The summed E-state index contributed by atoms with van der Waals surface area (Å²) in [6, 6.07) is 16.0. The Morgan fingerprint density at radius 1 is 1.13 bits per heavy atom. The van der Waals surface area contributed by atoms with Crippen molar-refractivity contribution in [3.63, 3.8) is 0 Å². The number of para-hydroxylation sites is 3. The summed E-state index contributed by atoms with van der Waals surface area (Å²) < 4.78 is 0. The first-order valence-corrected chi connectivity index (χ1v) is 9.88. The minimum atomic E-state index is -0.416. The average molecular weight is 418 g/mol. The number of carbonyl (C=O) groups excluding carboxylic acids is 3. The second-order valence-electron chi connectivity index (χ2n) is 7.40. The van der Waals surface area contributed by atoms with Gasteiger partial charge in [0.25, 0.3) is 5.91 Å². The summed E-state index contributed by atoms with van der Waals surface area (Å²) >= 11 is 0. The van der Waals surface area contributed by atoms with Gasteiger partial charge in [-0.15, -0.1) is 5.10 Å². The second-order valence-corrected chi connectivity index (χ2v) is 7.40. The molecule has 0 aliphatic carbocycles. The topological polar surface area (TPSA) is 100 Å². The van der Waals surface area contributed by atoms with Crippen molar-refractivity contribution in [3.05, 3.63) is 66.5 Å². The monoisotopic (exact) mass is 418 g/mol. The van der Waals surface area contributed by atoms with Crippen LogP contribution in [-0.2, 0) is 9.59 Å². The van der Waals surface area contributed by atoms with Gasteiger partial charge in [-0.3, -0.25) is 14.4 Å². The lowest BCUT2D eigenvalue weighted by atomic mass is 10.1. The van der Waals surface area contributed by atoms with Gasteiger partial charge in [-0.1, -0.05) is 30.3 Å². The van der Waals surface area contributed by atoms with E-state index in [4.69, 9.17) is 0 Å². The molecule has 31 heavy (non-hydrogen) atoms. The molecule has 0 spiro atoms. The van der Waals surface area contributed by atoms with Gasteiger partial charge in [-0.05, 0) is 31.2 Å². The number of hydrogen-bond donors (Lipinski definition) is 1. The molecule has 0 unspecified atom stereocenters. The Bertz CT molecular complexity index is 1130. The molecule has 158 valence electrons. The molecule has 3 aromatic rings. The molecule has 4 rings (SSSR count). The Kier molecular flexibility index (Phi) is 5.48. The predicted molar refractivity (Wildman–Crippen MR) is 115 cm³/mol. The van der Waals surface area contributed by atoms with Crippen LogP contribution in [0.1, 0.15) is 23.8 Å². The number of nitrogens with zero attached hydrogens (tertiary/aromatic N) is 5. The molecule has 1 aliphatic heterocycles. The van der Waals surface area contributed by atoms with Crippen LogP contribution in [0.3, 0.4) is 0 Å². The Morgan fingerprint density at radius 2 is 1.84 bits per heavy atom. The van der Waals surface area contributed by atoms with Gasteiger partial charge in [0.15, 0.2) is 5.69 Å². The molecule has 9 heteroatoms. The van der Waals surface area contributed by atoms with E-state index in [1.807, 2.05) is 37.3 Å². The third-order valence-corrected chi connectivity index (χ3v) is 5.05. The third-order valence-electron chi connectivity index (χ3n) is 5.05. The first-order valence-electron chi connectivity index (χ1n) is 9.88. The zero-order valence-electron chi connectivity index (χ0n) is 17.2. The Labute approximate surface area is 179 Å². The minimum Gasteiger partial charge on any atom is -0.331 e. The van der Waals surface area contributed by atoms with Gasteiger partial charge in [0.05, 0.1) is 23.3 Å². The quantitative estimate of drug-likeness (QED) is 0.699. The lowest BCUT2D eigenvalue weighted by Crippen LogP contribution is -2.45.